The van der Waals surface area contributed by atoms with E-state index in [4.69, 9.17) is 4.74 Å². The molecule has 1 aliphatic heterocycles. The Bertz CT molecular complexity index is 362. The van der Waals surface area contributed by atoms with Crippen LogP contribution in [0.4, 0.5) is 5.69 Å². The molecule has 0 saturated carbocycles. The van der Waals surface area contributed by atoms with Crippen LogP contribution in [0.3, 0.4) is 0 Å². The average Bonchev–Trinajstić information content (AvgIpc) is 2.46. The van der Waals surface area contributed by atoms with Gasteiger partial charge in [-0.3, -0.25) is 0 Å². The maximum Gasteiger partial charge on any atom is 0.0750 e. The van der Waals surface area contributed by atoms with Gasteiger partial charge in [-0.1, -0.05) is 19.1 Å². The molecule has 1 aliphatic rings. The van der Waals surface area contributed by atoms with Gasteiger partial charge in [0.25, 0.3) is 0 Å². The van der Waals surface area contributed by atoms with Crippen LogP contribution < -0.4 is 10.2 Å². The Morgan fingerprint density at radius 3 is 2.74 bits per heavy atom. The molecule has 1 heterocycles. The average molecular weight is 262 g/mol. The van der Waals surface area contributed by atoms with Gasteiger partial charge in [-0.25, -0.2) is 0 Å². The predicted molar refractivity (Wildman–Crippen MR) is 80.7 cm³/mol. The Hall–Kier alpha value is -1.06. The molecular weight excluding hydrogens is 236 g/mol. The first-order chi connectivity index (χ1) is 9.33. The molecule has 1 fully saturated rings. The highest BCUT2D eigenvalue weighted by Gasteiger charge is 2.19. The van der Waals surface area contributed by atoms with E-state index in [2.05, 4.69) is 48.3 Å². The summed E-state index contributed by atoms with van der Waals surface area (Å²) >= 11 is 0. The summed E-state index contributed by atoms with van der Waals surface area (Å²) in [6, 6.07) is 8.92. The van der Waals surface area contributed by atoms with Crippen LogP contribution >= 0.6 is 0 Å². The number of benzene rings is 1. The number of nitrogens with one attached hydrogen (secondary N) is 1. The van der Waals surface area contributed by atoms with Gasteiger partial charge in [0, 0.05) is 31.9 Å². The summed E-state index contributed by atoms with van der Waals surface area (Å²) in [5.41, 5.74) is 2.67. The fourth-order valence-corrected chi connectivity index (χ4v) is 2.64. The maximum atomic E-state index is 5.76. The molecule has 1 atom stereocenters. The van der Waals surface area contributed by atoms with Crippen molar-refractivity contribution in [3.63, 3.8) is 0 Å². The molecule has 1 saturated heterocycles. The van der Waals surface area contributed by atoms with Crippen molar-refractivity contribution in [2.45, 2.75) is 39.3 Å². The van der Waals surface area contributed by atoms with Gasteiger partial charge >= 0.3 is 0 Å². The van der Waals surface area contributed by atoms with Crippen LogP contribution in [0.15, 0.2) is 24.3 Å². The van der Waals surface area contributed by atoms with Crippen molar-refractivity contribution in [3.05, 3.63) is 29.8 Å². The summed E-state index contributed by atoms with van der Waals surface area (Å²) in [6.45, 7) is 9.18. The summed E-state index contributed by atoms with van der Waals surface area (Å²) in [4.78, 5) is 2.45. The molecule has 0 amide bonds. The molecule has 1 N–H and O–H groups in total. The third-order valence-electron chi connectivity index (χ3n) is 3.66. The van der Waals surface area contributed by atoms with E-state index in [0.717, 1.165) is 32.8 Å². The minimum absolute atomic E-state index is 0.403. The third kappa shape index (κ3) is 4.22. The maximum absolute atomic E-state index is 5.76. The molecule has 1 aromatic carbocycles. The highest BCUT2D eigenvalue weighted by molar-refractivity contribution is 5.48. The number of nitrogens with zero attached hydrogens (tertiary/aromatic N) is 1. The van der Waals surface area contributed by atoms with E-state index < -0.39 is 0 Å². The molecule has 0 aliphatic carbocycles. The van der Waals surface area contributed by atoms with Crippen LogP contribution in [0.25, 0.3) is 0 Å². The van der Waals surface area contributed by atoms with Crippen LogP contribution in [0.2, 0.25) is 0 Å². The van der Waals surface area contributed by atoms with Crippen LogP contribution in [-0.4, -0.2) is 32.3 Å². The molecule has 1 unspecified atom stereocenters. The van der Waals surface area contributed by atoms with E-state index >= 15 is 0 Å². The zero-order chi connectivity index (χ0) is 13.5. The van der Waals surface area contributed by atoms with Crippen molar-refractivity contribution in [3.8, 4) is 0 Å². The van der Waals surface area contributed by atoms with Gasteiger partial charge < -0.3 is 15.0 Å². The second-order valence-electron chi connectivity index (χ2n) is 5.11. The lowest BCUT2D eigenvalue weighted by Crippen LogP contribution is -2.39. The number of rotatable bonds is 6. The number of ether oxygens (including phenoxy) is 1. The number of anilines is 1. The quantitative estimate of drug-likeness (QED) is 0.853. The summed E-state index contributed by atoms with van der Waals surface area (Å²) in [6.07, 6.45) is 2.83. The lowest BCUT2D eigenvalue weighted by Gasteiger charge is -2.34. The number of piperidine rings is 1. The Morgan fingerprint density at radius 1 is 1.26 bits per heavy atom. The van der Waals surface area contributed by atoms with E-state index in [9.17, 15) is 0 Å². The van der Waals surface area contributed by atoms with Gasteiger partial charge in [0.1, 0.15) is 0 Å². The summed E-state index contributed by atoms with van der Waals surface area (Å²) in [7, 11) is 0. The Morgan fingerprint density at radius 2 is 2.05 bits per heavy atom. The van der Waals surface area contributed by atoms with Gasteiger partial charge in [-0.05, 0) is 44.0 Å². The van der Waals surface area contributed by atoms with Crippen molar-refractivity contribution in [2.24, 2.45) is 0 Å². The van der Waals surface area contributed by atoms with Crippen LogP contribution in [0, 0.1) is 0 Å². The largest absolute Gasteiger partial charge is 0.377 e. The molecule has 19 heavy (non-hydrogen) atoms. The molecule has 106 valence electrons. The Balaban J connectivity index is 1.93. The topological polar surface area (TPSA) is 24.5 Å². The first-order valence-electron chi connectivity index (χ1n) is 7.49. The third-order valence-corrected chi connectivity index (χ3v) is 3.66. The molecular formula is C16H26N2O. The molecule has 3 nitrogen and oxygen atoms in total. The molecule has 0 spiro atoms. The smallest absolute Gasteiger partial charge is 0.0750 e. The Labute approximate surface area is 116 Å². The molecule has 0 bridgehead atoms. The summed E-state index contributed by atoms with van der Waals surface area (Å²) in [5, 5.41) is 3.35. The van der Waals surface area contributed by atoms with Crippen molar-refractivity contribution in [1.82, 2.24) is 5.32 Å². The van der Waals surface area contributed by atoms with E-state index in [-0.39, 0.29) is 0 Å². The van der Waals surface area contributed by atoms with Crippen molar-refractivity contribution < 1.29 is 4.74 Å². The fourth-order valence-electron chi connectivity index (χ4n) is 2.64. The molecule has 3 heteroatoms. The van der Waals surface area contributed by atoms with E-state index in [1.165, 1.54) is 24.1 Å². The normalized spacial score (nSPS) is 19.7. The lowest BCUT2D eigenvalue weighted by atomic mass is 10.1. The minimum Gasteiger partial charge on any atom is -0.377 e. The zero-order valence-corrected chi connectivity index (χ0v) is 12.2. The highest BCUT2D eigenvalue weighted by atomic mass is 16.5. The van der Waals surface area contributed by atoms with Crippen LogP contribution in [0.1, 0.15) is 32.3 Å². The van der Waals surface area contributed by atoms with Gasteiger partial charge in [0.05, 0.1) is 6.10 Å². The monoisotopic (exact) mass is 262 g/mol. The van der Waals surface area contributed by atoms with Crippen LogP contribution in [0.5, 0.6) is 0 Å². The number of hydrogen-bond donors (Lipinski definition) is 1. The Kier molecular flexibility index (Phi) is 5.67. The standard InChI is InChI=1S/C16H26N2O/c1-3-17-12-14-7-9-15(10-8-14)18-11-5-6-16(13-18)19-4-2/h7-10,16-17H,3-6,11-13H2,1-2H3. The summed E-state index contributed by atoms with van der Waals surface area (Å²) < 4.78 is 5.76. The van der Waals surface area contributed by atoms with Gasteiger partial charge in [0.2, 0.25) is 0 Å². The highest BCUT2D eigenvalue weighted by Crippen LogP contribution is 2.21. The fraction of sp³-hybridized carbons (Fsp3) is 0.625. The lowest BCUT2D eigenvalue weighted by molar-refractivity contribution is 0.0527. The van der Waals surface area contributed by atoms with Crippen molar-refractivity contribution in [1.29, 1.82) is 0 Å². The van der Waals surface area contributed by atoms with E-state index in [1.54, 1.807) is 0 Å². The van der Waals surface area contributed by atoms with Crippen molar-refractivity contribution in [2.75, 3.05) is 31.1 Å². The second kappa shape index (κ2) is 7.51. The molecule has 1 aromatic rings. The van der Waals surface area contributed by atoms with Crippen LogP contribution in [-0.2, 0) is 11.3 Å². The first kappa shape index (κ1) is 14.4. The molecule has 0 aromatic heterocycles. The van der Waals surface area contributed by atoms with Crippen molar-refractivity contribution >= 4 is 5.69 Å². The second-order valence-corrected chi connectivity index (χ2v) is 5.11. The van der Waals surface area contributed by atoms with E-state index in [1.807, 2.05) is 0 Å². The molecule has 2 rings (SSSR count). The first-order valence-corrected chi connectivity index (χ1v) is 7.49. The summed E-state index contributed by atoms with van der Waals surface area (Å²) in [5.74, 6) is 0. The van der Waals surface area contributed by atoms with Gasteiger partial charge in [-0.15, -0.1) is 0 Å². The minimum atomic E-state index is 0.403. The zero-order valence-electron chi connectivity index (χ0n) is 12.2. The predicted octanol–water partition coefficient (Wildman–Crippen LogP) is 2.80. The van der Waals surface area contributed by atoms with E-state index in [0.29, 0.717) is 6.10 Å². The molecule has 0 radical (unpaired) electrons. The van der Waals surface area contributed by atoms with Gasteiger partial charge in [0.15, 0.2) is 0 Å². The SMILES string of the molecule is CCNCc1ccc(N2CCCC(OCC)C2)cc1. The number of hydrogen-bond acceptors (Lipinski definition) is 3. The van der Waals surface area contributed by atoms with Gasteiger partial charge in [-0.2, -0.15) is 0 Å².